The van der Waals surface area contributed by atoms with Gasteiger partial charge in [-0.2, -0.15) is 0 Å². The molecule has 0 atom stereocenters. The number of benzene rings is 2. The summed E-state index contributed by atoms with van der Waals surface area (Å²) in [4.78, 5) is 0. The third-order valence-corrected chi connectivity index (χ3v) is 3.19. The molecule has 4 N–H and O–H groups in total. The molecule has 0 aliphatic rings. The van der Waals surface area contributed by atoms with E-state index < -0.39 is 0 Å². The summed E-state index contributed by atoms with van der Waals surface area (Å²) >= 11 is 0. The molecule has 0 aromatic heterocycles. The Morgan fingerprint density at radius 2 is 1.16 bits per heavy atom. The average molecular weight is 252 g/mol. The van der Waals surface area contributed by atoms with Crippen LogP contribution < -0.4 is 11.5 Å². The van der Waals surface area contributed by atoms with E-state index >= 15 is 0 Å². The van der Waals surface area contributed by atoms with Crippen molar-refractivity contribution >= 4 is 0 Å². The lowest BCUT2D eigenvalue weighted by Gasteiger charge is -2.12. The number of hydrogen-bond donors (Lipinski definition) is 2. The van der Waals surface area contributed by atoms with E-state index in [0.29, 0.717) is 6.54 Å². The Morgan fingerprint density at radius 3 is 1.53 bits per heavy atom. The summed E-state index contributed by atoms with van der Waals surface area (Å²) in [6.07, 6.45) is 1.72. The molecule has 19 heavy (non-hydrogen) atoms. The van der Waals surface area contributed by atoms with Crippen LogP contribution in [-0.2, 0) is 12.8 Å². The molecule has 0 heterocycles. The van der Waals surface area contributed by atoms with Gasteiger partial charge in [0.05, 0.1) is 0 Å². The lowest BCUT2D eigenvalue weighted by atomic mass is 9.96. The van der Waals surface area contributed by atoms with E-state index in [9.17, 15) is 0 Å². The maximum Gasteiger partial charge on any atom is 0.0326 e. The Kier molecular flexibility index (Phi) is 4.76. The van der Waals surface area contributed by atoms with Crippen LogP contribution in [0.3, 0.4) is 0 Å². The second-order valence-electron chi connectivity index (χ2n) is 4.66. The minimum atomic E-state index is 0.412. The van der Waals surface area contributed by atoms with Crippen molar-refractivity contribution in [2.45, 2.75) is 12.8 Å². The van der Waals surface area contributed by atoms with Gasteiger partial charge in [0.15, 0.2) is 0 Å². The van der Waals surface area contributed by atoms with Gasteiger partial charge in [-0.25, -0.2) is 0 Å². The van der Waals surface area contributed by atoms with E-state index in [1.54, 1.807) is 0 Å². The molecule has 0 saturated heterocycles. The molecule has 98 valence electrons. The molecule has 2 rings (SSSR count). The minimum Gasteiger partial charge on any atom is -0.401 e. The lowest BCUT2D eigenvalue weighted by molar-refractivity contribution is 0.950. The van der Waals surface area contributed by atoms with Crippen LogP contribution in [0.2, 0.25) is 0 Å². The van der Waals surface area contributed by atoms with Crippen LogP contribution in [0.15, 0.2) is 71.9 Å². The van der Waals surface area contributed by atoms with Gasteiger partial charge in [0.25, 0.3) is 0 Å². The first-order valence-electron chi connectivity index (χ1n) is 6.54. The van der Waals surface area contributed by atoms with Gasteiger partial charge in [0.1, 0.15) is 0 Å². The Labute approximate surface area is 114 Å². The van der Waals surface area contributed by atoms with Crippen LogP contribution >= 0.6 is 0 Å². The highest BCUT2D eigenvalue weighted by molar-refractivity contribution is 5.30. The molecule has 0 spiro atoms. The molecule has 0 bridgehead atoms. The highest BCUT2D eigenvalue weighted by atomic mass is 14.7. The van der Waals surface area contributed by atoms with E-state index in [1.807, 2.05) is 36.4 Å². The largest absolute Gasteiger partial charge is 0.401 e. The molecule has 0 radical (unpaired) electrons. The summed E-state index contributed by atoms with van der Waals surface area (Å²) < 4.78 is 0. The molecule has 2 heteroatoms. The van der Waals surface area contributed by atoms with Crippen molar-refractivity contribution in [1.29, 1.82) is 0 Å². The first kappa shape index (κ1) is 13.4. The molecule has 0 saturated carbocycles. The fourth-order valence-electron chi connectivity index (χ4n) is 2.12. The van der Waals surface area contributed by atoms with Crippen molar-refractivity contribution in [1.82, 2.24) is 0 Å². The summed E-state index contributed by atoms with van der Waals surface area (Å²) in [5.74, 6) is 0. The molecule has 0 fully saturated rings. The van der Waals surface area contributed by atoms with E-state index in [2.05, 4.69) is 24.3 Å². The Bertz CT molecular complexity index is 486. The van der Waals surface area contributed by atoms with Gasteiger partial charge in [0, 0.05) is 12.2 Å². The zero-order valence-corrected chi connectivity index (χ0v) is 11.0. The fraction of sp³-hybridized carbons (Fsp3) is 0.176. The van der Waals surface area contributed by atoms with Gasteiger partial charge < -0.3 is 11.5 Å². The predicted octanol–water partition coefficient (Wildman–Crippen LogP) is 2.64. The second kappa shape index (κ2) is 6.76. The standard InChI is InChI=1S/C17H20N2/c18-13-17(19)16(11-14-7-3-1-4-8-14)12-15-9-5-2-6-10-15/h1-10H,11-13,18-19H2. The van der Waals surface area contributed by atoms with Crippen LogP contribution in [0, 0.1) is 0 Å². The maximum absolute atomic E-state index is 6.07. The quantitative estimate of drug-likeness (QED) is 0.859. The molecule has 0 amide bonds. The lowest BCUT2D eigenvalue weighted by Crippen LogP contribution is -2.16. The molecule has 2 aromatic rings. The fourth-order valence-corrected chi connectivity index (χ4v) is 2.12. The van der Waals surface area contributed by atoms with Crippen molar-refractivity contribution in [3.63, 3.8) is 0 Å². The van der Waals surface area contributed by atoms with Crippen molar-refractivity contribution in [2.24, 2.45) is 11.5 Å². The first-order chi connectivity index (χ1) is 9.29. The zero-order valence-electron chi connectivity index (χ0n) is 11.0. The summed E-state index contributed by atoms with van der Waals surface area (Å²) in [5.41, 5.74) is 16.3. The van der Waals surface area contributed by atoms with Gasteiger partial charge >= 0.3 is 0 Å². The van der Waals surface area contributed by atoms with Crippen LogP contribution in [0.25, 0.3) is 0 Å². The summed E-state index contributed by atoms with van der Waals surface area (Å²) in [6.45, 7) is 0.412. The van der Waals surface area contributed by atoms with Crippen LogP contribution in [0.5, 0.6) is 0 Å². The predicted molar refractivity (Wildman–Crippen MR) is 80.6 cm³/mol. The van der Waals surface area contributed by atoms with Crippen molar-refractivity contribution < 1.29 is 0 Å². The third kappa shape index (κ3) is 3.97. The van der Waals surface area contributed by atoms with E-state index in [0.717, 1.165) is 18.5 Å². The van der Waals surface area contributed by atoms with Crippen LogP contribution in [-0.4, -0.2) is 6.54 Å². The average Bonchev–Trinajstić information content (AvgIpc) is 2.48. The third-order valence-electron chi connectivity index (χ3n) is 3.19. The molecule has 0 aliphatic heterocycles. The monoisotopic (exact) mass is 252 g/mol. The molecule has 0 aliphatic carbocycles. The van der Waals surface area contributed by atoms with E-state index in [4.69, 9.17) is 11.5 Å². The Morgan fingerprint density at radius 1 is 0.737 bits per heavy atom. The number of rotatable bonds is 5. The van der Waals surface area contributed by atoms with Gasteiger partial charge in [-0.15, -0.1) is 0 Å². The van der Waals surface area contributed by atoms with Crippen LogP contribution in [0.1, 0.15) is 11.1 Å². The van der Waals surface area contributed by atoms with Gasteiger partial charge in [-0.1, -0.05) is 60.7 Å². The van der Waals surface area contributed by atoms with Gasteiger partial charge in [-0.05, 0) is 29.5 Å². The smallest absolute Gasteiger partial charge is 0.0326 e. The van der Waals surface area contributed by atoms with Crippen molar-refractivity contribution in [3.8, 4) is 0 Å². The Hall–Kier alpha value is -2.06. The Balaban J connectivity index is 2.18. The number of allylic oxidation sites excluding steroid dienone is 1. The second-order valence-corrected chi connectivity index (χ2v) is 4.66. The normalized spacial score (nSPS) is 10.2. The molecule has 2 aromatic carbocycles. The van der Waals surface area contributed by atoms with Gasteiger partial charge in [-0.3, -0.25) is 0 Å². The van der Waals surface area contributed by atoms with Gasteiger partial charge in [0.2, 0.25) is 0 Å². The highest BCUT2D eigenvalue weighted by Crippen LogP contribution is 2.15. The van der Waals surface area contributed by atoms with Crippen LogP contribution in [0.4, 0.5) is 0 Å². The SMILES string of the molecule is NCC(N)=C(Cc1ccccc1)Cc1ccccc1. The number of hydrogen-bond acceptors (Lipinski definition) is 2. The molecule has 2 nitrogen and oxygen atoms in total. The first-order valence-corrected chi connectivity index (χ1v) is 6.54. The topological polar surface area (TPSA) is 52.0 Å². The number of nitrogens with two attached hydrogens (primary N) is 2. The van der Waals surface area contributed by atoms with E-state index in [1.165, 1.54) is 16.7 Å². The highest BCUT2D eigenvalue weighted by Gasteiger charge is 2.05. The summed E-state index contributed by atoms with van der Waals surface area (Å²) in [7, 11) is 0. The molecule has 0 unspecified atom stereocenters. The summed E-state index contributed by atoms with van der Waals surface area (Å²) in [6, 6.07) is 20.7. The van der Waals surface area contributed by atoms with Crippen molar-refractivity contribution in [3.05, 3.63) is 83.1 Å². The minimum absolute atomic E-state index is 0.412. The summed E-state index contributed by atoms with van der Waals surface area (Å²) in [5, 5.41) is 0. The van der Waals surface area contributed by atoms with Crippen molar-refractivity contribution in [2.75, 3.05) is 6.54 Å². The van der Waals surface area contributed by atoms with E-state index in [-0.39, 0.29) is 0 Å². The molecular formula is C17H20N2. The molecular weight excluding hydrogens is 232 g/mol. The maximum atomic E-state index is 6.07. The zero-order chi connectivity index (χ0) is 13.5.